The highest BCUT2D eigenvalue weighted by Crippen LogP contribution is 2.40. The van der Waals surface area contributed by atoms with Crippen LogP contribution in [0.15, 0.2) is 121 Å². The van der Waals surface area contributed by atoms with E-state index in [1.807, 2.05) is 121 Å². The van der Waals surface area contributed by atoms with Gasteiger partial charge in [0.15, 0.2) is 0 Å². The number of ether oxygens (including phenoxy) is 8. The van der Waals surface area contributed by atoms with Crippen molar-refractivity contribution in [3.63, 3.8) is 0 Å². The largest absolute Gasteiger partial charge is 0.494 e. The Kier molecular flexibility index (Phi) is 20.8. The Labute approximate surface area is 488 Å². The fourth-order valence-corrected chi connectivity index (χ4v) is 9.85. The number of carbonyl (C=O) groups excluding carboxylic acids is 4. The van der Waals surface area contributed by atoms with Crippen molar-refractivity contribution in [1.29, 1.82) is 0 Å². The van der Waals surface area contributed by atoms with E-state index in [0.29, 0.717) is 102 Å². The molecular formula is C68H70N4O12. The summed E-state index contributed by atoms with van der Waals surface area (Å²) in [4.78, 5) is 66.6. The number of hydrogen-bond donors (Lipinski definition) is 2. The molecule has 16 nitrogen and oxygen atoms in total. The summed E-state index contributed by atoms with van der Waals surface area (Å²) in [6, 6.07) is 39.8. The van der Waals surface area contributed by atoms with Crippen molar-refractivity contribution in [3.8, 4) is 67.5 Å². The minimum Gasteiger partial charge on any atom is -0.494 e. The first-order valence-electron chi connectivity index (χ1n) is 28.8. The molecule has 84 heavy (non-hydrogen) atoms. The van der Waals surface area contributed by atoms with Crippen molar-refractivity contribution >= 4 is 70.2 Å². The van der Waals surface area contributed by atoms with Crippen LogP contribution in [-0.4, -0.2) is 96.7 Å². The van der Waals surface area contributed by atoms with Gasteiger partial charge in [0.05, 0.1) is 75.6 Å². The van der Waals surface area contributed by atoms with E-state index in [1.165, 1.54) is 0 Å². The Balaban J connectivity index is 1.19. The molecule has 16 heteroatoms. The lowest BCUT2D eigenvalue weighted by Crippen LogP contribution is -2.06. The predicted molar refractivity (Wildman–Crippen MR) is 326 cm³/mol. The lowest BCUT2D eigenvalue weighted by Gasteiger charge is -2.10. The highest BCUT2D eigenvalue weighted by molar-refractivity contribution is 6.00. The molecule has 8 bridgehead atoms. The van der Waals surface area contributed by atoms with Gasteiger partial charge in [-0.1, -0.05) is 48.5 Å². The Bertz CT molecular complexity index is 3170. The van der Waals surface area contributed by atoms with Gasteiger partial charge < -0.3 is 47.9 Å². The molecule has 0 aliphatic carbocycles. The highest BCUT2D eigenvalue weighted by atomic mass is 16.5. The lowest BCUT2D eigenvalue weighted by atomic mass is 10.0. The van der Waals surface area contributed by atoms with Gasteiger partial charge in [0.1, 0.15) is 23.0 Å². The van der Waals surface area contributed by atoms with Gasteiger partial charge in [-0.2, -0.15) is 0 Å². The molecule has 2 N–H and O–H groups in total. The maximum atomic E-state index is 12.0. The molecule has 0 radical (unpaired) electrons. The van der Waals surface area contributed by atoms with E-state index in [1.54, 1.807) is 27.7 Å². The molecule has 2 aliphatic rings. The maximum Gasteiger partial charge on any atom is 0.305 e. The second kappa shape index (κ2) is 29.5. The number of rotatable bonds is 28. The Morgan fingerprint density at radius 3 is 0.738 bits per heavy atom. The third kappa shape index (κ3) is 15.6. The van der Waals surface area contributed by atoms with Crippen molar-refractivity contribution in [2.45, 2.75) is 79.1 Å². The van der Waals surface area contributed by atoms with Gasteiger partial charge in [-0.25, -0.2) is 9.97 Å². The number of nitrogens with zero attached hydrogens (tertiary/aromatic N) is 2. The summed E-state index contributed by atoms with van der Waals surface area (Å²) in [7, 11) is 0. The van der Waals surface area contributed by atoms with Crippen LogP contribution in [0.2, 0.25) is 0 Å². The maximum absolute atomic E-state index is 12.0. The SMILES string of the molecule is CCOC(=O)CCCOc1ccc(-c2c3nc(c(-c4ccc(OCCCC(=O)OCC)cc4)c4ccc([nH]4)c(-c4ccc(OCCCC(=O)OCC)cc4)c4nc(c(-c5ccc(OCCCC(=O)OCC)cc5)c5ccc2[nH]5)C=C4)C=C3)cc1. The van der Waals surface area contributed by atoms with E-state index in [-0.39, 0.29) is 49.6 Å². The quantitative estimate of drug-likeness (QED) is 0.0267. The number of aromatic nitrogens is 4. The predicted octanol–water partition coefficient (Wildman–Crippen LogP) is 14.2. The van der Waals surface area contributed by atoms with Crippen LogP contribution >= 0.6 is 0 Å². The minimum absolute atomic E-state index is 0.249. The van der Waals surface area contributed by atoms with Crippen LogP contribution in [0.5, 0.6) is 23.0 Å². The van der Waals surface area contributed by atoms with Crippen molar-refractivity contribution in [2.24, 2.45) is 0 Å². The van der Waals surface area contributed by atoms with Crippen molar-refractivity contribution in [2.75, 3.05) is 52.9 Å². The second-order valence-electron chi connectivity index (χ2n) is 19.6. The number of benzene rings is 4. The number of H-pyrrole nitrogens is 2. The van der Waals surface area contributed by atoms with Crippen LogP contribution in [0.4, 0.5) is 0 Å². The molecule has 5 heterocycles. The summed E-state index contributed by atoms with van der Waals surface area (Å²) in [5.41, 5.74) is 13.0. The summed E-state index contributed by atoms with van der Waals surface area (Å²) >= 11 is 0. The Morgan fingerprint density at radius 1 is 0.321 bits per heavy atom. The molecule has 0 atom stereocenters. The first-order valence-corrected chi connectivity index (χ1v) is 28.8. The van der Waals surface area contributed by atoms with E-state index in [4.69, 9.17) is 47.9 Å². The molecule has 0 saturated carbocycles. The van der Waals surface area contributed by atoms with E-state index in [9.17, 15) is 19.2 Å². The molecule has 0 spiro atoms. The molecular weight excluding hydrogens is 1060 g/mol. The molecule has 7 aromatic rings. The first kappa shape index (κ1) is 59.2. The molecule has 4 aromatic carbocycles. The number of carbonyl (C=O) groups is 4. The van der Waals surface area contributed by atoms with Crippen LogP contribution in [0, 0.1) is 0 Å². The zero-order chi connectivity index (χ0) is 58.6. The lowest BCUT2D eigenvalue weighted by molar-refractivity contribution is -0.144. The van der Waals surface area contributed by atoms with Crippen LogP contribution in [0.3, 0.4) is 0 Å². The number of nitrogens with one attached hydrogen (secondary N) is 2. The van der Waals surface area contributed by atoms with Gasteiger partial charge in [-0.15, -0.1) is 0 Å². The topological polar surface area (TPSA) is 199 Å². The monoisotopic (exact) mass is 1130 g/mol. The first-order chi connectivity index (χ1) is 41.1. The normalized spacial score (nSPS) is 11.5. The molecule has 3 aromatic heterocycles. The molecule has 0 fully saturated rings. The molecule has 0 saturated heterocycles. The fraction of sp³-hybridized carbons (Fsp3) is 0.294. The smallest absolute Gasteiger partial charge is 0.305 e. The Morgan fingerprint density at radius 2 is 0.536 bits per heavy atom. The van der Waals surface area contributed by atoms with Crippen LogP contribution < -0.4 is 18.9 Å². The van der Waals surface area contributed by atoms with Gasteiger partial charge in [0.2, 0.25) is 0 Å². The van der Waals surface area contributed by atoms with Gasteiger partial charge in [-0.3, -0.25) is 19.2 Å². The number of hydrogen-bond acceptors (Lipinski definition) is 14. The minimum atomic E-state index is -0.249. The van der Waals surface area contributed by atoms with Crippen molar-refractivity contribution < 1.29 is 57.1 Å². The molecule has 434 valence electrons. The van der Waals surface area contributed by atoms with Crippen molar-refractivity contribution in [1.82, 2.24) is 19.9 Å². The number of aromatic amines is 2. The van der Waals surface area contributed by atoms with Crippen LogP contribution in [-0.2, 0) is 38.1 Å². The van der Waals surface area contributed by atoms with Gasteiger partial charge in [0, 0.05) is 70.0 Å². The summed E-state index contributed by atoms with van der Waals surface area (Å²) in [5.74, 6) is 1.64. The third-order valence-corrected chi connectivity index (χ3v) is 13.7. The van der Waals surface area contributed by atoms with Crippen molar-refractivity contribution in [3.05, 3.63) is 144 Å². The van der Waals surface area contributed by atoms with Crippen LogP contribution in [0.25, 0.3) is 90.9 Å². The summed E-state index contributed by atoms with van der Waals surface area (Å²) in [6.45, 7) is 9.93. The second-order valence-corrected chi connectivity index (χ2v) is 19.6. The van der Waals surface area contributed by atoms with E-state index >= 15 is 0 Å². The average molecular weight is 1140 g/mol. The molecule has 0 unspecified atom stereocenters. The standard InChI is InChI=1S/C68H70N4O12/c1-5-77-61(73)13-9-41-81-49-25-17-45(18-26-49)65-53-33-35-55(69-53)66(46-19-27-50(28-20-46)82-42-10-14-62(74)78-6-2)57-37-39-59(71-57)68(48-23-31-52(32-24-48)84-44-12-16-64(76)80-8-4)60-40-38-58(72-60)67(56-36-34-54(65)70-56)47-21-29-51(30-22-47)83-43-11-15-63(75)79-7-3/h17-40,69,72H,5-16,41-44H2,1-4H3. The zero-order valence-corrected chi connectivity index (χ0v) is 48.0. The van der Waals surface area contributed by atoms with Gasteiger partial charge in [0.25, 0.3) is 0 Å². The summed E-state index contributed by atoms with van der Waals surface area (Å²) < 4.78 is 44.8. The number of fused-ring (bicyclic) bond motifs is 8. The number of esters is 4. The molecule has 9 rings (SSSR count). The molecule has 0 amide bonds. The van der Waals surface area contributed by atoms with Gasteiger partial charge in [-0.05, 0) is 173 Å². The van der Waals surface area contributed by atoms with E-state index in [2.05, 4.69) is 34.2 Å². The Hall–Kier alpha value is -9.44. The zero-order valence-electron chi connectivity index (χ0n) is 48.0. The fourth-order valence-electron chi connectivity index (χ4n) is 9.85. The third-order valence-electron chi connectivity index (χ3n) is 13.7. The highest BCUT2D eigenvalue weighted by Gasteiger charge is 2.20. The summed E-state index contributed by atoms with van der Waals surface area (Å²) in [5, 5.41) is 0. The van der Waals surface area contributed by atoms with E-state index in [0.717, 1.165) is 89.4 Å². The summed E-state index contributed by atoms with van der Waals surface area (Å²) in [6.07, 6.45) is 11.3. The van der Waals surface area contributed by atoms with Gasteiger partial charge >= 0.3 is 23.9 Å². The van der Waals surface area contributed by atoms with E-state index < -0.39 is 0 Å². The van der Waals surface area contributed by atoms with Crippen LogP contribution in [0.1, 0.15) is 102 Å². The molecule has 2 aliphatic heterocycles. The average Bonchev–Trinajstić information content (AvgIpc) is 3.64.